The van der Waals surface area contributed by atoms with Crippen molar-refractivity contribution in [1.82, 2.24) is 0 Å². The van der Waals surface area contributed by atoms with Crippen LogP contribution in [0.3, 0.4) is 0 Å². The van der Waals surface area contributed by atoms with Crippen molar-refractivity contribution in [3.05, 3.63) is 83.1 Å². The topological polar surface area (TPSA) is 55.8 Å². The summed E-state index contributed by atoms with van der Waals surface area (Å²) in [6.07, 6.45) is 5.05. The Labute approximate surface area is 183 Å². The van der Waals surface area contributed by atoms with Gasteiger partial charge in [0.2, 0.25) is 0 Å². The van der Waals surface area contributed by atoms with Crippen LogP contribution in [-0.2, 0) is 19.1 Å². The molecule has 0 fully saturated rings. The lowest BCUT2D eigenvalue weighted by Crippen LogP contribution is -2.38. The van der Waals surface area contributed by atoms with E-state index in [0.717, 1.165) is 22.4 Å². The molecule has 5 heteroatoms. The lowest BCUT2D eigenvalue weighted by Gasteiger charge is -2.33. The summed E-state index contributed by atoms with van der Waals surface area (Å²) in [7, 11) is 0. The van der Waals surface area contributed by atoms with Crippen molar-refractivity contribution in [2.75, 3.05) is 18.1 Å². The zero-order chi connectivity index (χ0) is 22.2. The van der Waals surface area contributed by atoms with Crippen LogP contribution in [0.4, 0.5) is 5.69 Å². The van der Waals surface area contributed by atoms with Gasteiger partial charge in [0.1, 0.15) is 11.7 Å². The van der Waals surface area contributed by atoms with E-state index in [4.69, 9.17) is 9.47 Å². The highest BCUT2D eigenvalue weighted by atomic mass is 16.5. The van der Waals surface area contributed by atoms with Crippen molar-refractivity contribution in [3.63, 3.8) is 0 Å². The van der Waals surface area contributed by atoms with Crippen molar-refractivity contribution in [2.45, 2.75) is 26.8 Å². The number of hydrogen-bond acceptors (Lipinski definition) is 5. The molecule has 0 radical (unpaired) electrons. The second-order valence-electron chi connectivity index (χ2n) is 6.87. The zero-order valence-corrected chi connectivity index (χ0v) is 17.9. The molecule has 1 atom stereocenters. The van der Waals surface area contributed by atoms with Gasteiger partial charge in [0.25, 0.3) is 0 Å². The number of para-hydroxylation sites is 1. The smallest absolute Gasteiger partial charge is 0.355 e. The molecule has 0 amide bonds. The van der Waals surface area contributed by atoms with E-state index in [1.165, 1.54) is 6.08 Å². The fraction of sp³-hybridized carbons (Fsp3) is 0.231. The second kappa shape index (κ2) is 10.3. The molecule has 0 saturated carbocycles. The monoisotopic (exact) mass is 415 g/mol. The van der Waals surface area contributed by atoms with E-state index in [1.54, 1.807) is 18.7 Å². The minimum absolute atomic E-state index is 0.0836. The van der Waals surface area contributed by atoms with Gasteiger partial charge in [0, 0.05) is 5.56 Å². The molecule has 2 aromatic rings. The molecule has 1 heterocycles. The first-order valence-electron chi connectivity index (χ1n) is 10.2. The van der Waals surface area contributed by atoms with Crippen LogP contribution in [0, 0.1) is 18.8 Å². The summed E-state index contributed by atoms with van der Waals surface area (Å²) < 4.78 is 10.3. The van der Waals surface area contributed by atoms with Gasteiger partial charge in [0.05, 0.1) is 25.0 Å². The SMILES string of the molecule is CCOC(=O)/C=C(\C(=O)OCC)N1c2ccccc2C=CC1C#Cc1ccc(C)cc1. The van der Waals surface area contributed by atoms with Crippen LogP contribution in [0.1, 0.15) is 30.5 Å². The van der Waals surface area contributed by atoms with Crippen molar-refractivity contribution in [2.24, 2.45) is 0 Å². The third-order valence-corrected chi connectivity index (χ3v) is 4.63. The second-order valence-corrected chi connectivity index (χ2v) is 6.87. The Morgan fingerprint density at radius 2 is 1.74 bits per heavy atom. The molecule has 0 aromatic heterocycles. The lowest BCUT2D eigenvalue weighted by molar-refractivity contribution is -0.141. The minimum atomic E-state index is -0.609. The average molecular weight is 415 g/mol. The quantitative estimate of drug-likeness (QED) is 0.415. The molecule has 5 nitrogen and oxygen atoms in total. The molecule has 0 spiro atoms. The van der Waals surface area contributed by atoms with Crippen molar-refractivity contribution in [3.8, 4) is 11.8 Å². The Balaban J connectivity index is 2.08. The van der Waals surface area contributed by atoms with Gasteiger partial charge in [-0.15, -0.1) is 0 Å². The first-order valence-corrected chi connectivity index (χ1v) is 10.2. The molecular weight excluding hydrogens is 390 g/mol. The van der Waals surface area contributed by atoms with E-state index in [2.05, 4.69) is 11.8 Å². The Kier molecular flexibility index (Phi) is 7.29. The highest BCUT2D eigenvalue weighted by Crippen LogP contribution is 2.32. The number of carbonyl (C=O) groups excluding carboxylic acids is 2. The highest BCUT2D eigenvalue weighted by Gasteiger charge is 2.30. The summed E-state index contributed by atoms with van der Waals surface area (Å²) in [5.41, 5.74) is 3.78. The van der Waals surface area contributed by atoms with Crippen LogP contribution < -0.4 is 4.90 Å². The lowest BCUT2D eigenvalue weighted by atomic mass is 10.0. The van der Waals surface area contributed by atoms with Crippen molar-refractivity contribution >= 4 is 23.7 Å². The van der Waals surface area contributed by atoms with E-state index in [1.807, 2.05) is 67.6 Å². The summed E-state index contributed by atoms with van der Waals surface area (Å²) in [5, 5.41) is 0. The highest BCUT2D eigenvalue weighted by molar-refractivity contribution is 6.01. The number of anilines is 1. The third kappa shape index (κ3) is 5.43. The Bertz CT molecular complexity index is 1070. The van der Waals surface area contributed by atoms with Crippen LogP contribution in [-0.4, -0.2) is 31.2 Å². The largest absolute Gasteiger partial charge is 0.463 e. The van der Waals surface area contributed by atoms with Crippen LogP contribution in [0.5, 0.6) is 0 Å². The predicted octanol–water partition coefficient (Wildman–Crippen LogP) is 4.26. The van der Waals surface area contributed by atoms with E-state index in [-0.39, 0.29) is 18.9 Å². The molecule has 0 bridgehead atoms. The molecule has 158 valence electrons. The van der Waals surface area contributed by atoms with Gasteiger partial charge in [-0.3, -0.25) is 0 Å². The average Bonchev–Trinajstić information content (AvgIpc) is 2.77. The normalized spacial score (nSPS) is 14.9. The third-order valence-electron chi connectivity index (χ3n) is 4.63. The molecule has 1 unspecified atom stereocenters. The standard InChI is InChI=1S/C26H25NO4/c1-4-30-25(28)18-24(26(29)31-5-2)27-22(16-14-20-12-10-19(3)11-13-20)17-15-21-8-6-7-9-23(21)27/h6-13,15,17-18,22H,4-5H2,1-3H3/b24-18+. The molecule has 1 aliphatic heterocycles. The molecule has 0 aliphatic carbocycles. The van der Waals surface area contributed by atoms with E-state index in [9.17, 15) is 9.59 Å². The predicted molar refractivity (Wildman–Crippen MR) is 121 cm³/mol. The fourth-order valence-electron chi connectivity index (χ4n) is 3.19. The van der Waals surface area contributed by atoms with Gasteiger partial charge >= 0.3 is 11.9 Å². The van der Waals surface area contributed by atoms with Crippen LogP contribution in [0.15, 0.2) is 66.4 Å². The van der Waals surface area contributed by atoms with Gasteiger partial charge in [0.15, 0.2) is 0 Å². The number of ether oxygens (including phenoxy) is 2. The summed E-state index contributed by atoms with van der Waals surface area (Å²) in [6.45, 7) is 5.84. The van der Waals surface area contributed by atoms with Crippen LogP contribution in [0.2, 0.25) is 0 Å². The number of benzene rings is 2. The number of aryl methyl sites for hydroxylation is 1. The number of fused-ring (bicyclic) bond motifs is 1. The van der Waals surface area contributed by atoms with Crippen LogP contribution in [0.25, 0.3) is 6.08 Å². The number of rotatable bonds is 5. The number of esters is 2. The Morgan fingerprint density at radius 1 is 1.03 bits per heavy atom. The van der Waals surface area contributed by atoms with Crippen LogP contribution >= 0.6 is 0 Å². The molecular formula is C26H25NO4. The first kappa shape index (κ1) is 21.9. The zero-order valence-electron chi connectivity index (χ0n) is 17.9. The van der Waals surface area contributed by atoms with Crippen molar-refractivity contribution < 1.29 is 19.1 Å². The number of nitrogens with zero attached hydrogens (tertiary/aromatic N) is 1. The van der Waals surface area contributed by atoms with Crippen molar-refractivity contribution in [1.29, 1.82) is 0 Å². The molecule has 2 aromatic carbocycles. The molecule has 1 aliphatic rings. The maximum atomic E-state index is 12.8. The number of carbonyl (C=O) groups is 2. The maximum Gasteiger partial charge on any atom is 0.355 e. The van der Waals surface area contributed by atoms with E-state index >= 15 is 0 Å². The first-order chi connectivity index (χ1) is 15.0. The maximum absolute atomic E-state index is 12.8. The Morgan fingerprint density at radius 3 is 2.45 bits per heavy atom. The minimum Gasteiger partial charge on any atom is -0.463 e. The van der Waals surface area contributed by atoms with Gasteiger partial charge in [-0.1, -0.05) is 53.8 Å². The number of hydrogen-bond donors (Lipinski definition) is 0. The molecule has 31 heavy (non-hydrogen) atoms. The fourth-order valence-corrected chi connectivity index (χ4v) is 3.19. The summed E-state index contributed by atoms with van der Waals surface area (Å²) in [5.74, 6) is 5.17. The molecule has 0 N–H and O–H groups in total. The molecule has 3 rings (SSSR count). The van der Waals surface area contributed by atoms with Gasteiger partial charge in [-0.25, -0.2) is 9.59 Å². The van der Waals surface area contributed by atoms with E-state index < -0.39 is 18.0 Å². The summed E-state index contributed by atoms with van der Waals surface area (Å²) in [6, 6.07) is 15.1. The Hall–Kier alpha value is -3.78. The van der Waals surface area contributed by atoms with E-state index in [0.29, 0.717) is 0 Å². The van der Waals surface area contributed by atoms with Gasteiger partial charge in [-0.2, -0.15) is 0 Å². The molecule has 0 saturated heterocycles. The van der Waals surface area contributed by atoms with Gasteiger partial charge in [-0.05, 0) is 50.6 Å². The van der Waals surface area contributed by atoms with Gasteiger partial charge < -0.3 is 14.4 Å². The summed E-state index contributed by atoms with van der Waals surface area (Å²) >= 11 is 0. The summed E-state index contributed by atoms with van der Waals surface area (Å²) in [4.78, 5) is 26.8.